The van der Waals surface area contributed by atoms with Crippen molar-refractivity contribution in [1.29, 1.82) is 0 Å². The molecule has 2 N–H and O–H groups in total. The smallest absolute Gasteiger partial charge is 0.407 e. The number of alkyl carbamates (subject to hydrolysis) is 1. The maximum Gasteiger partial charge on any atom is 0.407 e. The van der Waals surface area contributed by atoms with Gasteiger partial charge in [0.05, 0.1) is 11.8 Å². The Labute approximate surface area is 137 Å². The van der Waals surface area contributed by atoms with E-state index < -0.39 is 11.7 Å². The molecule has 0 saturated heterocycles. The van der Waals surface area contributed by atoms with Crippen molar-refractivity contribution in [3.8, 4) is 0 Å². The van der Waals surface area contributed by atoms with Gasteiger partial charge in [-0.05, 0) is 52.5 Å². The highest BCUT2D eigenvalue weighted by atomic mass is 16.6. The first-order valence-corrected chi connectivity index (χ1v) is 8.08. The third kappa shape index (κ3) is 5.01. The molecule has 6 heteroatoms. The summed E-state index contributed by atoms with van der Waals surface area (Å²) in [7, 11) is 0. The highest BCUT2D eigenvalue weighted by molar-refractivity contribution is 5.95. The Hall–Kier alpha value is -1.98. The van der Waals surface area contributed by atoms with Crippen LogP contribution < -0.4 is 10.6 Å². The quantitative estimate of drug-likeness (QED) is 0.893. The van der Waals surface area contributed by atoms with Gasteiger partial charge in [0.25, 0.3) is 5.91 Å². The van der Waals surface area contributed by atoms with Crippen molar-refractivity contribution >= 4 is 12.0 Å². The number of carbonyl (C=O) groups is 2. The van der Waals surface area contributed by atoms with E-state index in [0.717, 1.165) is 19.3 Å². The average Bonchev–Trinajstić information content (AvgIpc) is 3.03. The average molecular weight is 322 g/mol. The third-order valence-electron chi connectivity index (χ3n) is 3.99. The van der Waals surface area contributed by atoms with E-state index in [2.05, 4.69) is 10.6 Å². The molecule has 2 rings (SSSR count). The summed E-state index contributed by atoms with van der Waals surface area (Å²) < 4.78 is 10.4. The number of ether oxygens (including phenoxy) is 1. The molecule has 1 aromatic rings. The molecule has 23 heavy (non-hydrogen) atoms. The summed E-state index contributed by atoms with van der Waals surface area (Å²) in [4.78, 5) is 24.0. The molecule has 1 heterocycles. The Morgan fingerprint density at radius 3 is 2.70 bits per heavy atom. The van der Waals surface area contributed by atoms with Crippen LogP contribution in [0.4, 0.5) is 4.79 Å². The number of hydrogen-bond acceptors (Lipinski definition) is 4. The van der Waals surface area contributed by atoms with Crippen molar-refractivity contribution in [3.63, 3.8) is 0 Å². The van der Waals surface area contributed by atoms with Gasteiger partial charge in [-0.3, -0.25) is 4.79 Å². The Bertz CT molecular complexity index is 559. The molecule has 2 amide bonds. The van der Waals surface area contributed by atoms with Gasteiger partial charge in [0.2, 0.25) is 0 Å². The largest absolute Gasteiger partial charge is 0.469 e. The van der Waals surface area contributed by atoms with Gasteiger partial charge in [0, 0.05) is 12.6 Å². The van der Waals surface area contributed by atoms with Crippen LogP contribution in [0.5, 0.6) is 0 Å². The molecule has 0 aromatic carbocycles. The van der Waals surface area contributed by atoms with Crippen molar-refractivity contribution in [2.24, 2.45) is 5.92 Å². The third-order valence-corrected chi connectivity index (χ3v) is 3.99. The maximum absolute atomic E-state index is 12.3. The summed E-state index contributed by atoms with van der Waals surface area (Å²) in [6.07, 6.45) is 4.03. The van der Waals surface area contributed by atoms with Crippen LogP contribution in [0, 0.1) is 12.8 Å². The molecule has 0 unspecified atom stereocenters. The van der Waals surface area contributed by atoms with Gasteiger partial charge in [-0.25, -0.2) is 4.79 Å². The Morgan fingerprint density at radius 1 is 1.35 bits per heavy atom. The van der Waals surface area contributed by atoms with Gasteiger partial charge in [0.15, 0.2) is 0 Å². The monoisotopic (exact) mass is 322 g/mol. The number of hydrogen-bond donors (Lipinski definition) is 2. The van der Waals surface area contributed by atoms with E-state index in [4.69, 9.17) is 9.15 Å². The van der Waals surface area contributed by atoms with Crippen molar-refractivity contribution in [2.75, 3.05) is 6.54 Å². The van der Waals surface area contributed by atoms with Gasteiger partial charge in [-0.1, -0.05) is 6.42 Å². The molecule has 0 bridgehead atoms. The number of nitrogens with one attached hydrogen (secondary N) is 2. The van der Waals surface area contributed by atoms with E-state index in [-0.39, 0.29) is 17.9 Å². The molecule has 1 saturated carbocycles. The van der Waals surface area contributed by atoms with Gasteiger partial charge in [-0.15, -0.1) is 0 Å². The number of aryl methyl sites for hydroxylation is 1. The fraction of sp³-hybridized carbons (Fsp3) is 0.647. The summed E-state index contributed by atoms with van der Waals surface area (Å²) in [5, 5.41) is 5.85. The van der Waals surface area contributed by atoms with E-state index in [1.807, 2.05) is 20.8 Å². The summed E-state index contributed by atoms with van der Waals surface area (Å²) in [6.45, 7) is 7.77. The lowest BCUT2D eigenvalue weighted by atomic mass is 10.0. The lowest BCUT2D eigenvalue weighted by Gasteiger charge is -2.23. The van der Waals surface area contributed by atoms with Gasteiger partial charge in [0.1, 0.15) is 11.4 Å². The number of amides is 2. The first-order chi connectivity index (χ1) is 10.8. The van der Waals surface area contributed by atoms with Crippen LogP contribution in [0.2, 0.25) is 0 Å². The second-order valence-electron chi connectivity index (χ2n) is 7.04. The minimum absolute atomic E-state index is 0.0618. The van der Waals surface area contributed by atoms with Gasteiger partial charge < -0.3 is 19.8 Å². The molecule has 1 aliphatic rings. The molecule has 1 aliphatic carbocycles. The predicted octanol–water partition coefficient (Wildman–Crippen LogP) is 3.01. The molecule has 0 radical (unpaired) electrons. The van der Waals surface area contributed by atoms with Gasteiger partial charge >= 0.3 is 6.09 Å². The predicted molar refractivity (Wildman–Crippen MR) is 86.3 cm³/mol. The molecular weight excluding hydrogens is 296 g/mol. The molecule has 0 aliphatic heterocycles. The first-order valence-electron chi connectivity index (χ1n) is 8.08. The van der Waals surface area contributed by atoms with Gasteiger partial charge in [-0.2, -0.15) is 0 Å². The van der Waals surface area contributed by atoms with Crippen LogP contribution in [0.15, 0.2) is 16.7 Å². The fourth-order valence-electron chi connectivity index (χ4n) is 2.87. The molecule has 2 atom stereocenters. The topological polar surface area (TPSA) is 80.6 Å². The fourth-order valence-corrected chi connectivity index (χ4v) is 2.87. The molecule has 0 spiro atoms. The van der Waals surface area contributed by atoms with Crippen LogP contribution >= 0.6 is 0 Å². The minimum Gasteiger partial charge on any atom is -0.469 e. The van der Waals surface area contributed by atoms with Crippen molar-refractivity contribution in [2.45, 2.75) is 58.6 Å². The molecule has 128 valence electrons. The number of furan rings is 1. The normalized spacial score (nSPS) is 21.0. The van der Waals surface area contributed by atoms with E-state index in [1.165, 1.54) is 6.26 Å². The summed E-state index contributed by atoms with van der Waals surface area (Å²) in [6, 6.07) is 1.74. The first kappa shape index (κ1) is 17.4. The zero-order chi connectivity index (χ0) is 17.0. The van der Waals surface area contributed by atoms with Crippen molar-refractivity contribution < 1.29 is 18.7 Å². The number of carbonyl (C=O) groups excluding carboxylic acids is 2. The Kier molecular flexibility index (Phi) is 5.34. The Balaban J connectivity index is 1.84. The lowest BCUT2D eigenvalue weighted by Crippen LogP contribution is -2.43. The van der Waals surface area contributed by atoms with E-state index in [9.17, 15) is 9.59 Å². The second kappa shape index (κ2) is 7.06. The zero-order valence-corrected chi connectivity index (χ0v) is 14.3. The molecule has 6 nitrogen and oxygen atoms in total. The summed E-state index contributed by atoms with van der Waals surface area (Å²) in [5.74, 6) is 0.716. The molecule has 1 fully saturated rings. The zero-order valence-electron chi connectivity index (χ0n) is 14.3. The molecular formula is C17H26N2O4. The molecule has 1 aromatic heterocycles. The van der Waals surface area contributed by atoms with E-state index >= 15 is 0 Å². The lowest BCUT2D eigenvalue weighted by molar-refractivity contribution is 0.0517. The van der Waals surface area contributed by atoms with E-state index in [1.54, 1.807) is 13.0 Å². The SMILES string of the molecule is Cc1occc1C(=O)N[C@@H]1CCC[C@@H]1CNC(=O)OC(C)(C)C. The van der Waals surface area contributed by atoms with Crippen LogP contribution in [-0.2, 0) is 4.74 Å². The highest BCUT2D eigenvalue weighted by Crippen LogP contribution is 2.26. The Morgan fingerprint density at radius 2 is 2.09 bits per heavy atom. The maximum atomic E-state index is 12.3. The van der Waals surface area contributed by atoms with Crippen molar-refractivity contribution in [1.82, 2.24) is 10.6 Å². The van der Waals surface area contributed by atoms with Crippen LogP contribution in [0.1, 0.15) is 56.2 Å². The van der Waals surface area contributed by atoms with E-state index in [0.29, 0.717) is 17.9 Å². The number of rotatable bonds is 4. The summed E-state index contributed by atoms with van der Waals surface area (Å²) >= 11 is 0. The standard InChI is InChI=1S/C17H26N2O4/c1-11-13(8-9-22-11)15(20)19-14-7-5-6-12(14)10-18-16(21)23-17(2,3)4/h8-9,12,14H,5-7,10H2,1-4H3,(H,18,21)(H,19,20)/t12-,14-/m1/s1. The highest BCUT2D eigenvalue weighted by Gasteiger charge is 2.30. The minimum atomic E-state index is -0.508. The summed E-state index contributed by atoms with van der Waals surface area (Å²) in [5.41, 5.74) is 0.0578. The van der Waals surface area contributed by atoms with Crippen molar-refractivity contribution in [3.05, 3.63) is 23.7 Å². The second-order valence-corrected chi connectivity index (χ2v) is 7.04. The van der Waals surface area contributed by atoms with Crippen LogP contribution in [0.25, 0.3) is 0 Å². The van der Waals surface area contributed by atoms with Crippen LogP contribution in [-0.4, -0.2) is 30.2 Å². The van der Waals surface area contributed by atoms with Crippen LogP contribution in [0.3, 0.4) is 0 Å².